The third kappa shape index (κ3) is 20.5. The van der Waals surface area contributed by atoms with Crippen LogP contribution in [-0.2, 0) is 0 Å². The van der Waals surface area contributed by atoms with Crippen LogP contribution in [0.15, 0.2) is 18.3 Å². The summed E-state index contributed by atoms with van der Waals surface area (Å²) in [6.45, 7) is 8.72. The Hall–Kier alpha value is -1.66. The lowest BCUT2D eigenvalue weighted by molar-refractivity contribution is -0.154. The second kappa shape index (κ2) is 15.4. The molecule has 0 saturated heterocycles. The average molecular weight is 431 g/mol. The number of aromatic nitrogens is 1. The Labute approximate surface area is 167 Å². The van der Waals surface area contributed by atoms with Gasteiger partial charge in [-0.2, -0.15) is 13.2 Å². The first-order valence-corrected chi connectivity index (χ1v) is 8.70. The lowest BCUT2D eigenvalue weighted by Gasteiger charge is -2.13. The number of hydrogen-bond donors (Lipinski definition) is 4. The molecule has 0 unspecified atom stereocenters. The quantitative estimate of drug-likeness (QED) is 0.515. The molecule has 0 radical (unpaired) electrons. The Bertz CT molecular complexity index is 533. The van der Waals surface area contributed by atoms with Gasteiger partial charge in [-0.1, -0.05) is 46.0 Å². The zero-order valence-corrected chi connectivity index (χ0v) is 17.1. The number of pyridine rings is 1. The van der Waals surface area contributed by atoms with E-state index in [1.807, 2.05) is 0 Å². The van der Waals surface area contributed by atoms with Crippen LogP contribution >= 0.6 is 25.3 Å². The van der Waals surface area contributed by atoms with E-state index >= 15 is 0 Å². The van der Waals surface area contributed by atoms with Crippen molar-refractivity contribution in [3.8, 4) is 5.88 Å². The van der Waals surface area contributed by atoms with E-state index in [4.69, 9.17) is 4.79 Å². The molecule has 0 aliphatic carbocycles. The third-order valence-electron chi connectivity index (χ3n) is 2.71. The van der Waals surface area contributed by atoms with Gasteiger partial charge in [0, 0.05) is 6.07 Å². The number of primary amides is 1. The summed E-state index contributed by atoms with van der Waals surface area (Å²) in [7, 11) is 0. The predicted octanol–water partition coefficient (Wildman–Crippen LogP) is 3.83. The number of hydrogen-bond acceptors (Lipinski definition) is 5. The van der Waals surface area contributed by atoms with E-state index < -0.39 is 23.3 Å². The second-order valence-electron chi connectivity index (χ2n) is 4.68. The molecular formula is C15H25F3N4O3S2. The van der Waals surface area contributed by atoms with Gasteiger partial charge in [-0.3, -0.25) is 9.59 Å². The Morgan fingerprint density at radius 1 is 1.19 bits per heavy atom. The number of nitrogens with zero attached hydrogens (tertiary/aromatic N) is 2. The predicted molar refractivity (Wildman–Crippen MR) is 106 cm³/mol. The zero-order chi connectivity index (χ0) is 21.5. The van der Waals surface area contributed by atoms with Crippen LogP contribution in [0.25, 0.3) is 0 Å². The summed E-state index contributed by atoms with van der Waals surface area (Å²) in [5.41, 5.74) is 4.66. The number of rotatable bonds is 6. The molecule has 156 valence electrons. The van der Waals surface area contributed by atoms with Crippen LogP contribution in [0.5, 0.6) is 5.88 Å². The highest BCUT2D eigenvalue weighted by Gasteiger charge is 2.28. The highest BCUT2D eigenvalue weighted by Crippen LogP contribution is 2.18. The van der Waals surface area contributed by atoms with Crippen molar-refractivity contribution >= 4 is 41.4 Å². The summed E-state index contributed by atoms with van der Waals surface area (Å²) in [4.78, 5) is 25.5. The lowest BCUT2D eigenvalue weighted by atomic mass is 10.4. The highest BCUT2D eigenvalue weighted by atomic mass is 32.1. The molecule has 0 fully saturated rings. The molecule has 1 rings (SSSR count). The van der Waals surface area contributed by atoms with Crippen LogP contribution in [-0.4, -0.2) is 52.8 Å². The van der Waals surface area contributed by atoms with Gasteiger partial charge in [-0.25, -0.2) is 4.98 Å². The van der Waals surface area contributed by atoms with Gasteiger partial charge in [0.15, 0.2) is 6.61 Å². The second-order valence-corrected chi connectivity index (χ2v) is 5.52. The summed E-state index contributed by atoms with van der Waals surface area (Å²) in [6, 6.07) is 2.57. The van der Waals surface area contributed by atoms with Crippen molar-refractivity contribution in [1.82, 2.24) is 9.88 Å². The van der Waals surface area contributed by atoms with Gasteiger partial charge in [0.2, 0.25) is 5.88 Å². The standard InChI is InChI=1S/C8H7F3N2O2S.C6H15N.CH3NOS/c9-8(10,11)4-15-6-2-1-5(3-12-6)13-7(14)16;1-4-7(5-2)6-3;2-1(3)4/h1-3H,4H2,(H2,13,14,16);4-6H2,1-3H3;(H3,2,3,4). The maximum absolute atomic E-state index is 11.8. The number of carbonyl (C=O) groups excluding carboxylic acids is 2. The van der Waals surface area contributed by atoms with Crippen LogP contribution in [0.3, 0.4) is 0 Å². The number of halogens is 3. The van der Waals surface area contributed by atoms with Crippen molar-refractivity contribution in [3.63, 3.8) is 0 Å². The Morgan fingerprint density at radius 3 is 1.93 bits per heavy atom. The van der Waals surface area contributed by atoms with Crippen molar-refractivity contribution in [1.29, 1.82) is 0 Å². The van der Waals surface area contributed by atoms with Gasteiger partial charge in [-0.15, -0.1) is 0 Å². The summed E-state index contributed by atoms with van der Waals surface area (Å²) in [6.07, 6.45) is -3.24. The molecule has 0 aromatic carbocycles. The molecule has 0 aliphatic heterocycles. The number of thiol groups is 2. The smallest absolute Gasteiger partial charge is 0.422 e. The number of ether oxygens (including phenoxy) is 1. The van der Waals surface area contributed by atoms with Crippen molar-refractivity contribution in [2.75, 3.05) is 31.6 Å². The van der Waals surface area contributed by atoms with E-state index in [9.17, 15) is 18.0 Å². The minimum atomic E-state index is -4.40. The molecule has 12 heteroatoms. The fourth-order valence-electron chi connectivity index (χ4n) is 1.49. The third-order valence-corrected chi connectivity index (χ3v) is 2.82. The fourth-order valence-corrected chi connectivity index (χ4v) is 1.62. The summed E-state index contributed by atoms with van der Waals surface area (Å²) in [5, 5.41) is 1.06. The number of amides is 2. The molecule has 0 spiro atoms. The van der Waals surface area contributed by atoms with Gasteiger partial charge >= 0.3 is 6.18 Å². The molecule has 0 atom stereocenters. The normalized spacial score (nSPS) is 10.1. The average Bonchev–Trinajstić information content (AvgIpc) is 2.55. The maximum atomic E-state index is 11.8. The van der Waals surface area contributed by atoms with E-state index in [1.54, 1.807) is 0 Å². The SMILES string of the molecule is CCN(CC)CC.NC(=O)S.O=C(S)Nc1ccc(OCC(F)(F)F)nc1. The monoisotopic (exact) mass is 430 g/mol. The topological polar surface area (TPSA) is 97.5 Å². The molecule has 0 saturated carbocycles. The highest BCUT2D eigenvalue weighted by molar-refractivity contribution is 7.97. The first-order valence-electron chi connectivity index (χ1n) is 7.81. The molecule has 1 aromatic rings. The van der Waals surface area contributed by atoms with Crippen molar-refractivity contribution < 1.29 is 27.5 Å². The van der Waals surface area contributed by atoms with Crippen LogP contribution in [0, 0.1) is 0 Å². The van der Waals surface area contributed by atoms with Crippen molar-refractivity contribution in [2.45, 2.75) is 26.9 Å². The number of carbonyl (C=O) groups is 2. The first kappa shape index (κ1) is 27.6. The number of nitrogens with two attached hydrogens (primary N) is 1. The summed E-state index contributed by atoms with van der Waals surface area (Å²) in [5.74, 6) is -0.172. The van der Waals surface area contributed by atoms with Gasteiger partial charge < -0.3 is 20.7 Å². The molecule has 0 aliphatic rings. The molecule has 0 bridgehead atoms. The number of nitrogens with one attached hydrogen (secondary N) is 1. The Morgan fingerprint density at radius 2 is 1.67 bits per heavy atom. The van der Waals surface area contributed by atoms with E-state index in [0.29, 0.717) is 5.69 Å². The number of anilines is 1. The molecule has 2 amide bonds. The van der Waals surface area contributed by atoms with Gasteiger partial charge in [-0.05, 0) is 25.7 Å². The molecule has 1 heterocycles. The maximum Gasteiger partial charge on any atom is 0.422 e. The van der Waals surface area contributed by atoms with Crippen LogP contribution in [0.2, 0.25) is 0 Å². The van der Waals surface area contributed by atoms with E-state index in [2.05, 4.69) is 71.7 Å². The molecule has 1 aromatic heterocycles. The number of alkyl halides is 3. The molecule has 27 heavy (non-hydrogen) atoms. The fraction of sp³-hybridized carbons (Fsp3) is 0.533. The van der Waals surface area contributed by atoms with E-state index in [-0.39, 0.29) is 5.88 Å². The zero-order valence-electron chi connectivity index (χ0n) is 15.3. The van der Waals surface area contributed by atoms with Crippen LogP contribution in [0.4, 0.5) is 28.4 Å². The first-order chi connectivity index (χ1) is 12.4. The van der Waals surface area contributed by atoms with Crippen LogP contribution < -0.4 is 15.8 Å². The Balaban J connectivity index is 0. The minimum Gasteiger partial charge on any atom is -0.468 e. The van der Waals surface area contributed by atoms with E-state index in [1.165, 1.54) is 38.0 Å². The minimum absolute atomic E-state index is 0.172. The molecular weight excluding hydrogens is 405 g/mol. The molecule has 3 N–H and O–H groups in total. The van der Waals surface area contributed by atoms with Crippen molar-refractivity contribution in [3.05, 3.63) is 18.3 Å². The summed E-state index contributed by atoms with van der Waals surface area (Å²) >= 11 is 6.56. The largest absolute Gasteiger partial charge is 0.468 e. The summed E-state index contributed by atoms with van der Waals surface area (Å²) < 4.78 is 39.7. The Kier molecular flexibility index (Phi) is 15.7. The lowest BCUT2D eigenvalue weighted by Crippen LogP contribution is -2.21. The van der Waals surface area contributed by atoms with Gasteiger partial charge in [0.05, 0.1) is 11.9 Å². The van der Waals surface area contributed by atoms with E-state index in [0.717, 1.165) is 0 Å². The van der Waals surface area contributed by atoms with Crippen molar-refractivity contribution in [2.24, 2.45) is 5.73 Å². The van der Waals surface area contributed by atoms with Crippen LogP contribution in [0.1, 0.15) is 20.8 Å². The van der Waals surface area contributed by atoms with Gasteiger partial charge in [0.1, 0.15) is 0 Å². The molecule has 7 nitrogen and oxygen atoms in total. The van der Waals surface area contributed by atoms with Gasteiger partial charge in [0.25, 0.3) is 10.5 Å².